The van der Waals surface area contributed by atoms with Gasteiger partial charge in [0.2, 0.25) is 0 Å². The third kappa shape index (κ3) is 3.70. The molecule has 0 unspecified atom stereocenters. The van der Waals surface area contributed by atoms with Crippen LogP contribution in [-0.4, -0.2) is 35.9 Å². The lowest BCUT2D eigenvalue weighted by Crippen LogP contribution is -2.58. The van der Waals surface area contributed by atoms with Crippen LogP contribution in [0.2, 0.25) is 0 Å². The minimum absolute atomic E-state index is 0.00820. The molecule has 0 spiro atoms. The van der Waals surface area contributed by atoms with Crippen molar-refractivity contribution in [3.63, 3.8) is 0 Å². The number of nitrogens with one attached hydrogen (secondary N) is 1. The minimum atomic E-state index is -0.645. The summed E-state index contributed by atoms with van der Waals surface area (Å²) < 4.78 is 6.09. The Morgan fingerprint density at radius 1 is 1.20 bits per heavy atom. The summed E-state index contributed by atoms with van der Waals surface area (Å²) in [6, 6.07) is 4.64. The Morgan fingerprint density at radius 3 is 2.56 bits per heavy atom. The van der Waals surface area contributed by atoms with Crippen molar-refractivity contribution in [2.24, 2.45) is 0 Å². The van der Waals surface area contributed by atoms with E-state index in [1.54, 1.807) is 19.2 Å². The predicted molar refractivity (Wildman–Crippen MR) is 101 cm³/mol. The minimum Gasteiger partial charge on any atom is -0.496 e. The molecule has 0 atom stereocenters. The van der Waals surface area contributed by atoms with Gasteiger partial charge in [-0.05, 0) is 59.2 Å². The molecule has 1 heterocycles. The van der Waals surface area contributed by atoms with Gasteiger partial charge in [-0.25, -0.2) is 4.79 Å². The largest absolute Gasteiger partial charge is 0.496 e. The van der Waals surface area contributed by atoms with Gasteiger partial charge in [0.15, 0.2) is 0 Å². The Hall–Kier alpha value is -1.90. The highest BCUT2D eigenvalue weighted by atomic mass is 127. The summed E-state index contributed by atoms with van der Waals surface area (Å²) in [5.74, 6) is -0.430. The quantitative estimate of drug-likeness (QED) is 0.433. The van der Waals surface area contributed by atoms with Gasteiger partial charge in [-0.1, -0.05) is 25.3 Å². The molecular formula is C18H19IN2O4. The Bertz CT molecular complexity index is 753. The molecule has 1 aliphatic heterocycles. The number of hydrogen-bond acceptors (Lipinski definition) is 4. The molecule has 1 aromatic carbocycles. The number of hydrogen-bond donors (Lipinski definition) is 1. The molecule has 3 rings (SSSR count). The van der Waals surface area contributed by atoms with E-state index in [1.807, 2.05) is 6.07 Å². The molecule has 1 N–H and O–H groups in total. The van der Waals surface area contributed by atoms with Crippen molar-refractivity contribution in [3.05, 3.63) is 32.9 Å². The van der Waals surface area contributed by atoms with Crippen molar-refractivity contribution >= 4 is 46.5 Å². The number of imide groups is 2. The third-order valence-corrected chi connectivity index (χ3v) is 5.40. The van der Waals surface area contributed by atoms with Crippen LogP contribution in [0.1, 0.15) is 37.7 Å². The van der Waals surface area contributed by atoms with Crippen LogP contribution in [0.5, 0.6) is 5.75 Å². The molecule has 4 amide bonds. The molecule has 0 radical (unpaired) electrons. The Labute approximate surface area is 159 Å². The fourth-order valence-corrected chi connectivity index (χ4v) is 4.04. The number of methoxy groups -OCH3 is 1. The Balaban J connectivity index is 1.91. The molecule has 1 saturated heterocycles. The molecule has 25 heavy (non-hydrogen) atoms. The topological polar surface area (TPSA) is 75.7 Å². The third-order valence-electron chi connectivity index (χ3n) is 4.56. The summed E-state index contributed by atoms with van der Waals surface area (Å²) in [6.07, 6.45) is 6.21. The smallest absolute Gasteiger partial charge is 0.331 e. The van der Waals surface area contributed by atoms with E-state index in [1.165, 1.54) is 11.0 Å². The first kappa shape index (κ1) is 17.9. The zero-order valence-electron chi connectivity index (χ0n) is 13.9. The average Bonchev–Trinajstić information content (AvgIpc) is 2.59. The number of benzene rings is 1. The van der Waals surface area contributed by atoms with E-state index in [4.69, 9.17) is 4.74 Å². The van der Waals surface area contributed by atoms with Gasteiger partial charge in [0.1, 0.15) is 11.3 Å². The monoisotopic (exact) mass is 454 g/mol. The number of barbiturate groups is 1. The molecule has 2 aliphatic rings. The van der Waals surface area contributed by atoms with E-state index in [-0.39, 0.29) is 11.6 Å². The van der Waals surface area contributed by atoms with Crippen LogP contribution in [0.3, 0.4) is 0 Å². The first-order chi connectivity index (χ1) is 12.0. The highest BCUT2D eigenvalue weighted by molar-refractivity contribution is 14.1. The molecule has 1 aromatic rings. The molecule has 0 bridgehead atoms. The van der Waals surface area contributed by atoms with Crippen molar-refractivity contribution < 1.29 is 19.1 Å². The van der Waals surface area contributed by atoms with Crippen LogP contribution in [0.25, 0.3) is 6.08 Å². The van der Waals surface area contributed by atoms with Crippen LogP contribution in [0.4, 0.5) is 4.79 Å². The van der Waals surface area contributed by atoms with Crippen molar-refractivity contribution in [2.45, 2.75) is 38.1 Å². The van der Waals surface area contributed by atoms with Gasteiger partial charge in [-0.2, -0.15) is 0 Å². The Kier molecular flexibility index (Phi) is 5.41. The highest BCUT2D eigenvalue weighted by Crippen LogP contribution is 2.27. The Morgan fingerprint density at radius 2 is 1.92 bits per heavy atom. The summed E-state index contributed by atoms with van der Waals surface area (Å²) in [5.41, 5.74) is 0.702. The maximum atomic E-state index is 12.8. The van der Waals surface area contributed by atoms with Crippen molar-refractivity contribution in [1.82, 2.24) is 10.2 Å². The first-order valence-corrected chi connectivity index (χ1v) is 9.33. The lowest BCUT2D eigenvalue weighted by molar-refractivity contribution is -0.132. The normalized spacial score (nSPS) is 20.8. The van der Waals surface area contributed by atoms with E-state index in [9.17, 15) is 14.4 Å². The molecule has 1 aliphatic carbocycles. The van der Waals surface area contributed by atoms with Gasteiger partial charge in [0.05, 0.1) is 10.7 Å². The van der Waals surface area contributed by atoms with Crippen molar-refractivity contribution in [3.8, 4) is 5.75 Å². The maximum absolute atomic E-state index is 12.8. The molecule has 1 saturated carbocycles. The standard InChI is InChI=1S/C18H19IN2O4/c1-25-15-8-7-11(10-14(15)19)9-13-16(22)20-18(24)21(17(13)23)12-5-3-2-4-6-12/h7-10,12H,2-6H2,1H3,(H,20,22,24). The zero-order chi connectivity index (χ0) is 18.0. The molecule has 0 aromatic heterocycles. The SMILES string of the molecule is COc1ccc(C=C2C(=O)NC(=O)N(C3CCCCC3)C2=O)cc1I. The molecule has 2 fully saturated rings. The van der Waals surface area contributed by atoms with Gasteiger partial charge in [-0.15, -0.1) is 0 Å². The van der Waals surface area contributed by atoms with Gasteiger partial charge < -0.3 is 4.74 Å². The summed E-state index contributed by atoms with van der Waals surface area (Å²) in [6.45, 7) is 0. The van der Waals surface area contributed by atoms with E-state index in [2.05, 4.69) is 27.9 Å². The van der Waals surface area contributed by atoms with Crippen LogP contribution in [0, 0.1) is 3.57 Å². The van der Waals surface area contributed by atoms with Crippen molar-refractivity contribution in [2.75, 3.05) is 7.11 Å². The van der Waals surface area contributed by atoms with Gasteiger partial charge in [-0.3, -0.25) is 19.8 Å². The van der Waals surface area contributed by atoms with Crippen LogP contribution in [0.15, 0.2) is 23.8 Å². The predicted octanol–water partition coefficient (Wildman–Crippen LogP) is 3.09. The van der Waals surface area contributed by atoms with Gasteiger partial charge in [0.25, 0.3) is 11.8 Å². The molecule has 7 heteroatoms. The van der Waals surface area contributed by atoms with E-state index >= 15 is 0 Å². The average molecular weight is 454 g/mol. The highest BCUT2D eigenvalue weighted by Gasteiger charge is 2.40. The van der Waals surface area contributed by atoms with E-state index in [0.717, 1.165) is 41.4 Å². The summed E-state index contributed by atoms with van der Waals surface area (Å²) >= 11 is 2.13. The number of ether oxygens (including phenoxy) is 1. The molecule has 132 valence electrons. The fraction of sp³-hybridized carbons (Fsp3) is 0.389. The second kappa shape index (κ2) is 7.55. The lowest BCUT2D eigenvalue weighted by atomic mass is 9.93. The number of carbonyl (C=O) groups is 3. The number of urea groups is 1. The van der Waals surface area contributed by atoms with Crippen LogP contribution >= 0.6 is 22.6 Å². The fourth-order valence-electron chi connectivity index (χ4n) is 3.28. The summed E-state index contributed by atoms with van der Waals surface area (Å²) in [4.78, 5) is 38.4. The number of rotatable bonds is 3. The second-order valence-electron chi connectivity index (χ2n) is 6.18. The number of halogens is 1. The van der Waals surface area contributed by atoms with Gasteiger partial charge in [0, 0.05) is 6.04 Å². The summed E-state index contributed by atoms with van der Waals surface area (Å²) in [7, 11) is 1.58. The lowest BCUT2D eigenvalue weighted by Gasteiger charge is -2.35. The number of nitrogens with zero attached hydrogens (tertiary/aromatic N) is 1. The van der Waals surface area contributed by atoms with E-state index < -0.39 is 17.8 Å². The van der Waals surface area contributed by atoms with E-state index in [0.29, 0.717) is 5.56 Å². The molecule has 6 nitrogen and oxygen atoms in total. The van der Waals surface area contributed by atoms with Crippen LogP contribution < -0.4 is 10.1 Å². The van der Waals surface area contributed by atoms with Gasteiger partial charge >= 0.3 is 6.03 Å². The van der Waals surface area contributed by atoms with Crippen LogP contribution in [-0.2, 0) is 9.59 Å². The molecular weight excluding hydrogens is 435 g/mol. The number of carbonyl (C=O) groups excluding carboxylic acids is 3. The summed E-state index contributed by atoms with van der Waals surface area (Å²) in [5, 5.41) is 2.30. The second-order valence-corrected chi connectivity index (χ2v) is 7.34. The number of amides is 4. The van der Waals surface area contributed by atoms with Crippen molar-refractivity contribution in [1.29, 1.82) is 0 Å². The maximum Gasteiger partial charge on any atom is 0.331 e. The first-order valence-electron chi connectivity index (χ1n) is 8.25. The zero-order valence-corrected chi connectivity index (χ0v) is 16.0.